The van der Waals surface area contributed by atoms with Crippen molar-refractivity contribution in [3.05, 3.63) is 71.0 Å². The molecule has 0 saturated heterocycles. The second kappa shape index (κ2) is 9.86. The Bertz CT molecular complexity index is 791. The van der Waals surface area contributed by atoms with Crippen LogP contribution in [0.2, 0.25) is 0 Å². The first kappa shape index (κ1) is 20.6. The molecule has 0 heterocycles. The monoisotopic (exact) mass is 370 g/mol. The highest BCUT2D eigenvalue weighted by molar-refractivity contribution is 5.88. The van der Waals surface area contributed by atoms with Crippen molar-refractivity contribution in [3.63, 3.8) is 0 Å². The van der Waals surface area contributed by atoms with Gasteiger partial charge in [0.2, 0.25) is 11.8 Å². The SMILES string of the molecule is CCCNC(=O)[C@H](C)N(Cc1ccccc1F)C(=O)Cc1ccccc1C. The molecule has 1 atom stereocenters. The van der Waals surface area contributed by atoms with Crippen LogP contribution >= 0.6 is 0 Å². The van der Waals surface area contributed by atoms with E-state index in [2.05, 4.69) is 5.32 Å². The van der Waals surface area contributed by atoms with Crippen molar-refractivity contribution in [1.29, 1.82) is 0 Å². The van der Waals surface area contributed by atoms with Crippen molar-refractivity contribution in [2.75, 3.05) is 6.54 Å². The molecule has 2 rings (SSSR count). The van der Waals surface area contributed by atoms with Crippen LogP contribution in [0.3, 0.4) is 0 Å². The standard InChI is InChI=1S/C22H27FN2O2/c1-4-13-24-22(27)17(3)25(15-19-11-7-8-12-20(19)23)21(26)14-18-10-6-5-9-16(18)2/h5-12,17H,4,13-15H2,1-3H3,(H,24,27)/t17-/m0/s1. The van der Waals surface area contributed by atoms with Crippen LogP contribution in [0.1, 0.15) is 37.0 Å². The summed E-state index contributed by atoms with van der Waals surface area (Å²) >= 11 is 0. The number of nitrogens with one attached hydrogen (secondary N) is 1. The summed E-state index contributed by atoms with van der Waals surface area (Å²) in [6.07, 6.45) is 0.982. The normalized spacial score (nSPS) is 11.7. The van der Waals surface area contributed by atoms with Crippen molar-refractivity contribution in [3.8, 4) is 0 Å². The third-order valence-electron chi connectivity index (χ3n) is 4.62. The summed E-state index contributed by atoms with van der Waals surface area (Å²) in [4.78, 5) is 26.9. The molecule has 1 N–H and O–H groups in total. The van der Waals surface area contributed by atoms with Gasteiger partial charge in [-0.3, -0.25) is 9.59 Å². The molecule has 0 radical (unpaired) electrons. The molecule has 0 spiro atoms. The summed E-state index contributed by atoms with van der Waals surface area (Å²) in [6.45, 7) is 6.19. The topological polar surface area (TPSA) is 49.4 Å². The van der Waals surface area contributed by atoms with Gasteiger partial charge in [0.15, 0.2) is 0 Å². The molecule has 2 amide bonds. The van der Waals surface area contributed by atoms with Crippen molar-refractivity contribution >= 4 is 11.8 Å². The van der Waals surface area contributed by atoms with Crippen LogP contribution in [0, 0.1) is 12.7 Å². The zero-order valence-electron chi connectivity index (χ0n) is 16.2. The molecule has 0 aliphatic carbocycles. The molecule has 5 heteroatoms. The molecule has 0 aromatic heterocycles. The van der Waals surface area contributed by atoms with E-state index in [9.17, 15) is 14.0 Å². The number of benzene rings is 2. The van der Waals surface area contributed by atoms with Gasteiger partial charge in [0.1, 0.15) is 11.9 Å². The van der Waals surface area contributed by atoms with Gasteiger partial charge >= 0.3 is 0 Å². The minimum absolute atomic E-state index is 0.0537. The minimum atomic E-state index is -0.687. The summed E-state index contributed by atoms with van der Waals surface area (Å²) in [5.74, 6) is -0.814. The number of carbonyl (C=O) groups excluding carboxylic acids is 2. The lowest BCUT2D eigenvalue weighted by molar-refractivity contribution is -0.140. The molecule has 0 unspecified atom stereocenters. The van der Waals surface area contributed by atoms with Gasteiger partial charge in [-0.2, -0.15) is 0 Å². The molecule has 0 fully saturated rings. The Morgan fingerprint density at radius 2 is 1.70 bits per heavy atom. The van der Waals surface area contributed by atoms with E-state index in [0.29, 0.717) is 12.1 Å². The second-order valence-electron chi connectivity index (χ2n) is 6.68. The molecule has 0 aliphatic heterocycles. The molecular weight excluding hydrogens is 343 g/mol. The maximum absolute atomic E-state index is 14.1. The van der Waals surface area contributed by atoms with Crippen LogP contribution in [0.5, 0.6) is 0 Å². The van der Waals surface area contributed by atoms with E-state index < -0.39 is 6.04 Å². The first-order chi connectivity index (χ1) is 12.9. The molecule has 2 aromatic rings. The van der Waals surface area contributed by atoms with Crippen LogP contribution < -0.4 is 5.32 Å². The van der Waals surface area contributed by atoms with Crippen molar-refractivity contribution in [2.45, 2.75) is 46.2 Å². The second-order valence-corrected chi connectivity index (χ2v) is 6.68. The average Bonchev–Trinajstić information content (AvgIpc) is 2.66. The zero-order chi connectivity index (χ0) is 19.8. The predicted octanol–water partition coefficient (Wildman–Crippen LogP) is 3.62. The van der Waals surface area contributed by atoms with E-state index in [-0.39, 0.29) is 30.6 Å². The van der Waals surface area contributed by atoms with Gasteiger partial charge in [-0.25, -0.2) is 4.39 Å². The number of aryl methyl sites for hydroxylation is 1. The number of hydrogen-bond donors (Lipinski definition) is 1. The van der Waals surface area contributed by atoms with Gasteiger partial charge < -0.3 is 10.2 Å². The number of nitrogens with zero attached hydrogens (tertiary/aromatic N) is 1. The Labute approximate surface area is 160 Å². The van der Waals surface area contributed by atoms with Gasteiger partial charge in [0, 0.05) is 18.7 Å². The quantitative estimate of drug-likeness (QED) is 0.772. The number of hydrogen-bond acceptors (Lipinski definition) is 2. The van der Waals surface area contributed by atoms with Crippen LogP contribution in [-0.2, 0) is 22.6 Å². The van der Waals surface area contributed by atoms with Gasteiger partial charge in [-0.1, -0.05) is 49.4 Å². The molecule has 27 heavy (non-hydrogen) atoms. The summed E-state index contributed by atoms with van der Waals surface area (Å²) in [5.41, 5.74) is 2.31. The van der Waals surface area contributed by atoms with Gasteiger partial charge in [0.05, 0.1) is 6.42 Å². The fourth-order valence-corrected chi connectivity index (χ4v) is 2.86. The predicted molar refractivity (Wildman–Crippen MR) is 105 cm³/mol. The van der Waals surface area contributed by atoms with Gasteiger partial charge in [0.25, 0.3) is 0 Å². The fourth-order valence-electron chi connectivity index (χ4n) is 2.86. The lowest BCUT2D eigenvalue weighted by Crippen LogP contribution is -2.48. The van der Waals surface area contributed by atoms with E-state index in [0.717, 1.165) is 17.5 Å². The van der Waals surface area contributed by atoms with Crippen LogP contribution in [-0.4, -0.2) is 29.3 Å². The van der Waals surface area contributed by atoms with Crippen LogP contribution in [0.25, 0.3) is 0 Å². The lowest BCUT2D eigenvalue weighted by Gasteiger charge is -2.29. The van der Waals surface area contributed by atoms with Crippen molar-refractivity contribution in [2.24, 2.45) is 0 Å². The minimum Gasteiger partial charge on any atom is -0.354 e. The van der Waals surface area contributed by atoms with Gasteiger partial charge in [-0.05, 0) is 37.5 Å². The Kier molecular flexibility index (Phi) is 7.53. The first-order valence-electron chi connectivity index (χ1n) is 9.29. The third-order valence-corrected chi connectivity index (χ3v) is 4.62. The maximum Gasteiger partial charge on any atom is 0.242 e. The fraction of sp³-hybridized carbons (Fsp3) is 0.364. The number of rotatable bonds is 8. The Hall–Kier alpha value is -2.69. The number of amides is 2. The largest absolute Gasteiger partial charge is 0.354 e. The van der Waals surface area contributed by atoms with Crippen molar-refractivity contribution in [1.82, 2.24) is 10.2 Å². The maximum atomic E-state index is 14.1. The van der Waals surface area contributed by atoms with Crippen LogP contribution in [0.4, 0.5) is 4.39 Å². The molecule has 144 valence electrons. The zero-order valence-corrected chi connectivity index (χ0v) is 16.2. The van der Waals surface area contributed by atoms with E-state index in [1.54, 1.807) is 25.1 Å². The molecule has 0 aliphatic rings. The molecule has 0 bridgehead atoms. The highest BCUT2D eigenvalue weighted by Crippen LogP contribution is 2.16. The van der Waals surface area contributed by atoms with E-state index >= 15 is 0 Å². The highest BCUT2D eigenvalue weighted by Gasteiger charge is 2.26. The highest BCUT2D eigenvalue weighted by atomic mass is 19.1. The third kappa shape index (κ3) is 5.64. The smallest absolute Gasteiger partial charge is 0.242 e. The lowest BCUT2D eigenvalue weighted by atomic mass is 10.0. The average molecular weight is 370 g/mol. The van der Waals surface area contributed by atoms with E-state index in [1.807, 2.05) is 38.1 Å². The Morgan fingerprint density at radius 1 is 1.07 bits per heavy atom. The molecule has 0 saturated carbocycles. The summed E-state index contributed by atoms with van der Waals surface area (Å²) in [6, 6.07) is 13.3. The van der Waals surface area contributed by atoms with E-state index in [1.165, 1.54) is 11.0 Å². The molecular formula is C22H27FN2O2. The van der Waals surface area contributed by atoms with Crippen LogP contribution in [0.15, 0.2) is 48.5 Å². The molecule has 4 nitrogen and oxygen atoms in total. The molecule has 2 aromatic carbocycles. The van der Waals surface area contributed by atoms with Crippen molar-refractivity contribution < 1.29 is 14.0 Å². The number of halogens is 1. The van der Waals surface area contributed by atoms with Gasteiger partial charge in [-0.15, -0.1) is 0 Å². The van der Waals surface area contributed by atoms with E-state index in [4.69, 9.17) is 0 Å². The summed E-state index contributed by atoms with van der Waals surface area (Å²) in [7, 11) is 0. The summed E-state index contributed by atoms with van der Waals surface area (Å²) < 4.78 is 14.1. The first-order valence-corrected chi connectivity index (χ1v) is 9.29. The Balaban J connectivity index is 2.25. The number of carbonyl (C=O) groups is 2. The Morgan fingerprint density at radius 3 is 2.33 bits per heavy atom. The summed E-state index contributed by atoms with van der Waals surface area (Å²) in [5, 5.41) is 2.82.